The van der Waals surface area contributed by atoms with Crippen LogP contribution < -0.4 is 26.6 Å². The molecule has 48 heteroatoms. The third-order valence-corrected chi connectivity index (χ3v) is 27.0. The molecule has 25 heterocycles. The lowest BCUT2D eigenvalue weighted by Gasteiger charge is -2.07. The van der Waals surface area contributed by atoms with Crippen LogP contribution in [-0.2, 0) is 32.1 Å². The lowest BCUT2D eigenvalue weighted by Crippen LogP contribution is -2.00. The smallest absolute Gasteiger partial charge is 0.180 e. The number of nitrogens with one attached hydrogen (secondary N) is 10. The van der Waals surface area contributed by atoms with E-state index in [9.17, 15) is 4.39 Å². The van der Waals surface area contributed by atoms with Crippen molar-refractivity contribution in [2.75, 3.05) is 26.6 Å². The van der Waals surface area contributed by atoms with E-state index in [1.165, 1.54) is 63.7 Å². The van der Waals surface area contributed by atoms with E-state index in [2.05, 4.69) is 202 Å². The molecule has 145 heavy (non-hydrogen) atoms. The van der Waals surface area contributed by atoms with E-state index >= 15 is 0 Å². The highest BCUT2D eigenvalue weighted by atomic mass is 79.9. The van der Waals surface area contributed by atoms with Crippen molar-refractivity contribution in [2.24, 2.45) is 0 Å². The number of pyridine rings is 5. The van der Waals surface area contributed by atoms with Crippen LogP contribution in [0.25, 0.3) is 84.5 Å². The fourth-order valence-corrected chi connectivity index (χ4v) is 19.5. The Kier molecular flexibility index (Phi) is 27.4. The van der Waals surface area contributed by atoms with Crippen LogP contribution in [-0.4, -0.2) is 170 Å². The maximum atomic E-state index is 13.8. The molecule has 0 fully saturated rings. The highest BCUT2D eigenvalue weighted by Crippen LogP contribution is 2.37. The van der Waals surface area contributed by atoms with Crippen LogP contribution in [0.4, 0.5) is 58.5 Å². The first-order valence-corrected chi connectivity index (χ1v) is 49.8. The van der Waals surface area contributed by atoms with Crippen LogP contribution in [0.3, 0.4) is 0 Å². The standard InChI is InChI=1S/2C20H18N8S.C19H15BrN8S.C19H15ClN8S.C19H15FN8S/c2*1-12-3-4-15(21-7-12)5-16-6-18(29-27-16)26-19-20-22-10-17(14-8-23-24-9-14)28(20)11-13(2)25-19;3*1-11-10-28-16(12-7-23-24-8-12)9-22-19(28)18(25-11)26-17-6-13(27-29-17)5-15-14(20)3-2-4-21-15/h2*3-4,6-11H,5H2,1-2H3,(H,23,24)(H,25,26);3*2-4,6-10H,5H2,1H3,(H,23,24)(H,25,26). The summed E-state index contributed by atoms with van der Waals surface area (Å²) < 4.78 is 47.4. The van der Waals surface area contributed by atoms with Gasteiger partial charge in [-0.05, 0) is 212 Å². The van der Waals surface area contributed by atoms with Crippen molar-refractivity contribution in [1.29, 1.82) is 0 Å². The summed E-state index contributed by atoms with van der Waals surface area (Å²) in [5.41, 5.74) is 28.5. The molecule has 0 atom stereocenters. The molecule has 0 saturated heterocycles. The van der Waals surface area contributed by atoms with E-state index < -0.39 is 0 Å². The SMILES string of the molecule is Cc1ccc(Cc2cc(Nc3nc(C)cn4c(-c5cn[nH]c5)cnc34)sn2)nc1.Cc1ccc(Cc2cc(Nc3nc(C)cn4c(-c5cn[nH]c5)cnc34)sn2)nc1.Cc1cn2c(-c3cn[nH]c3)cnc2c(Nc2cc(Cc3ncccc3Br)ns2)n1.Cc1cn2c(-c3cn[nH]c3)cnc2c(Nc2cc(Cc3ncccc3Cl)ns2)n1.Cc1cn2c(-c3cn[nH]c3)cnc2c(Nc2cc(Cc3ncccc3F)ns2)n1. The third-order valence-electron chi connectivity index (χ3n) is 22.3. The van der Waals surface area contributed by atoms with Gasteiger partial charge in [-0.25, -0.2) is 54.2 Å². The number of hydrogen-bond donors (Lipinski definition) is 10. The van der Waals surface area contributed by atoms with Crippen LogP contribution >= 0.6 is 85.2 Å². The van der Waals surface area contributed by atoms with Gasteiger partial charge in [-0.3, -0.25) is 72.4 Å². The van der Waals surface area contributed by atoms with Gasteiger partial charge in [0.25, 0.3) is 0 Å². The molecule has 0 radical (unpaired) electrons. The Morgan fingerprint density at radius 1 is 0.303 bits per heavy atom. The second-order valence-corrected chi connectivity index (χ2v) is 38.4. The molecule has 0 aliphatic carbocycles. The second kappa shape index (κ2) is 42.3. The molecule has 0 aliphatic heterocycles. The van der Waals surface area contributed by atoms with Gasteiger partial charge >= 0.3 is 0 Å². The first kappa shape index (κ1) is 94.0. The summed E-state index contributed by atoms with van der Waals surface area (Å²) in [5.74, 6) is 3.05. The summed E-state index contributed by atoms with van der Waals surface area (Å²) in [6.45, 7) is 13.8. The number of halogens is 3. The van der Waals surface area contributed by atoms with Gasteiger partial charge < -0.3 is 26.6 Å². The van der Waals surface area contributed by atoms with Crippen molar-refractivity contribution < 1.29 is 4.39 Å². The lowest BCUT2D eigenvalue weighted by atomic mass is 10.2. The van der Waals surface area contributed by atoms with Gasteiger partial charge in [0, 0.05) is 169 Å². The zero-order valence-corrected chi connectivity index (χ0v) is 84.1. The molecule has 0 aromatic carbocycles. The number of fused-ring (bicyclic) bond motifs is 5. The molecule has 10 N–H and O–H groups in total. The molecular weight excluding hydrogens is 2020 g/mol. The summed E-state index contributed by atoms with van der Waals surface area (Å²) in [5, 5.41) is 56.1. The van der Waals surface area contributed by atoms with E-state index in [0.29, 0.717) is 77.6 Å². The zero-order chi connectivity index (χ0) is 99.0. The Bertz CT molecular complexity index is 8080. The van der Waals surface area contributed by atoms with Crippen molar-refractivity contribution in [1.82, 2.24) is 170 Å². The van der Waals surface area contributed by atoms with Crippen molar-refractivity contribution in [3.05, 3.63) is 358 Å². The molecule has 0 saturated carbocycles. The normalized spacial score (nSPS) is 11.2. The van der Waals surface area contributed by atoms with Crippen molar-refractivity contribution in [2.45, 2.75) is 80.6 Å². The maximum Gasteiger partial charge on any atom is 0.180 e. The largest absolute Gasteiger partial charge is 0.328 e. The molecule has 0 bridgehead atoms. The van der Waals surface area contributed by atoms with E-state index in [1.807, 2.05) is 236 Å². The number of H-pyrrole nitrogens is 5. The average molecular weight is 2100 g/mol. The minimum absolute atomic E-state index is 0.329. The molecule has 40 nitrogen and oxygen atoms in total. The van der Waals surface area contributed by atoms with Gasteiger partial charge in [0.1, 0.15) is 30.8 Å². The minimum atomic E-state index is -0.332. The van der Waals surface area contributed by atoms with E-state index in [4.69, 9.17) is 11.6 Å². The van der Waals surface area contributed by atoms with Gasteiger partial charge in [0.05, 0.1) is 169 Å². The Balaban J connectivity index is 0.000000107. The topological polar surface area (TPSA) is 483 Å². The molecule has 0 unspecified atom stereocenters. The number of nitrogens with zero attached hydrogens (tertiary/aromatic N) is 30. The number of imidazole rings is 5. The first-order chi connectivity index (χ1) is 70.8. The van der Waals surface area contributed by atoms with E-state index in [-0.39, 0.29) is 5.82 Å². The van der Waals surface area contributed by atoms with Gasteiger partial charge in [0.2, 0.25) is 0 Å². The fraction of sp³-hybridized carbons (Fsp3) is 0.124. The summed E-state index contributed by atoms with van der Waals surface area (Å²) in [6, 6.07) is 28.7. The summed E-state index contributed by atoms with van der Waals surface area (Å²) in [7, 11) is 0. The third kappa shape index (κ3) is 21.8. The van der Waals surface area contributed by atoms with Crippen LogP contribution in [0, 0.1) is 54.3 Å². The van der Waals surface area contributed by atoms with Crippen molar-refractivity contribution >= 4 is 168 Å². The minimum Gasteiger partial charge on any atom is -0.328 e. The molecule has 0 amide bonds. The van der Waals surface area contributed by atoms with Crippen molar-refractivity contribution in [3.63, 3.8) is 0 Å². The maximum absolute atomic E-state index is 13.8. The highest BCUT2D eigenvalue weighted by molar-refractivity contribution is 9.10. The number of anilines is 10. The molecular formula is C97H81BrClFN40S5. The molecule has 25 rings (SSSR count). The molecule has 25 aromatic rings. The Hall–Kier alpha value is -17.3. The number of hydrogen-bond acceptors (Lipinski definition) is 35. The monoisotopic (exact) mass is 2100 g/mol. The van der Waals surface area contributed by atoms with Crippen LogP contribution in [0.15, 0.2) is 250 Å². The number of aromatic nitrogens is 35. The van der Waals surface area contributed by atoms with Gasteiger partial charge in [-0.15, -0.1) is 0 Å². The van der Waals surface area contributed by atoms with Crippen LogP contribution in [0.5, 0.6) is 0 Å². The van der Waals surface area contributed by atoms with Gasteiger partial charge in [-0.1, -0.05) is 23.7 Å². The number of rotatable bonds is 25. The van der Waals surface area contributed by atoms with E-state index in [0.717, 1.165) is 199 Å². The van der Waals surface area contributed by atoms with E-state index in [1.54, 1.807) is 61.8 Å². The van der Waals surface area contributed by atoms with Crippen LogP contribution in [0.1, 0.15) is 96.5 Å². The van der Waals surface area contributed by atoms with Crippen molar-refractivity contribution in [3.8, 4) is 56.3 Å². The van der Waals surface area contributed by atoms with Gasteiger partial charge in [-0.2, -0.15) is 47.4 Å². The molecule has 720 valence electrons. The lowest BCUT2D eigenvalue weighted by molar-refractivity contribution is 0.603. The zero-order valence-electron chi connectivity index (χ0n) is 77.7. The second-order valence-electron chi connectivity index (χ2n) is 33.1. The Morgan fingerprint density at radius 3 is 0.855 bits per heavy atom. The first-order valence-electron chi connectivity index (χ1n) is 44.8. The number of aromatic amines is 5. The summed E-state index contributed by atoms with van der Waals surface area (Å²) in [6.07, 6.45) is 48.7. The highest BCUT2D eigenvalue weighted by Gasteiger charge is 2.23. The van der Waals surface area contributed by atoms with Gasteiger partial charge in [0.15, 0.2) is 57.3 Å². The molecule has 0 aliphatic rings. The predicted octanol–water partition coefficient (Wildman–Crippen LogP) is 20.2. The fourth-order valence-electron chi connectivity index (χ4n) is 15.6. The summed E-state index contributed by atoms with van der Waals surface area (Å²) in [4.78, 5) is 67.6. The number of aryl methyl sites for hydroxylation is 7. The molecule has 0 spiro atoms. The predicted molar refractivity (Wildman–Crippen MR) is 561 cm³/mol. The Labute approximate surface area is 856 Å². The molecule has 25 aromatic heterocycles. The van der Waals surface area contributed by atoms with Crippen LogP contribution in [0.2, 0.25) is 5.02 Å². The Morgan fingerprint density at radius 2 is 0.579 bits per heavy atom. The average Bonchev–Trinajstić information content (AvgIpc) is 1.65. The summed E-state index contributed by atoms with van der Waals surface area (Å²) >= 11 is 16.6. The quantitative estimate of drug-likeness (QED) is 0.0254.